The predicted molar refractivity (Wildman–Crippen MR) is 172 cm³/mol. The van der Waals surface area contributed by atoms with Gasteiger partial charge in [0.25, 0.3) is 0 Å². The van der Waals surface area contributed by atoms with E-state index in [4.69, 9.17) is 22.3 Å². The maximum absolute atomic E-state index is 14.3. The van der Waals surface area contributed by atoms with E-state index in [1.165, 1.54) is 19.3 Å². The SMILES string of the molecule is CCCCCC1CNCC(NC(=O)C2C3CC(CC)(CCC)C(CC(Cl)=C=N3)NC2N)C1N1CC[C@H](N(C)C)[C@@H](O)C1. The molecule has 10 atom stereocenters. The molecule has 0 radical (unpaired) electrons. The molecule has 240 valence electrons. The highest BCUT2D eigenvalue weighted by molar-refractivity contribution is 6.33. The van der Waals surface area contributed by atoms with E-state index in [-0.39, 0.29) is 41.5 Å². The number of carbonyl (C=O) groups excluding carboxylic acids is 1. The third-order valence-corrected chi connectivity index (χ3v) is 11.1. The average molecular weight is 608 g/mol. The summed E-state index contributed by atoms with van der Waals surface area (Å²) < 4.78 is 0. The lowest BCUT2D eigenvalue weighted by molar-refractivity contribution is -0.128. The molecule has 0 aliphatic carbocycles. The van der Waals surface area contributed by atoms with Gasteiger partial charge in [0.15, 0.2) is 0 Å². The Morgan fingerprint density at radius 1 is 1.26 bits per heavy atom. The summed E-state index contributed by atoms with van der Waals surface area (Å²) in [4.78, 5) is 23.7. The molecule has 1 amide bonds. The summed E-state index contributed by atoms with van der Waals surface area (Å²) in [7, 11) is 4.09. The second-order valence-electron chi connectivity index (χ2n) is 13.8. The minimum absolute atomic E-state index is 0.0238. The fraction of sp³-hybridized carbons (Fsp3) is 0.906. The molecule has 0 spiro atoms. The van der Waals surface area contributed by atoms with Gasteiger partial charge in [-0.25, -0.2) is 4.99 Å². The zero-order chi connectivity index (χ0) is 30.4. The summed E-state index contributed by atoms with van der Waals surface area (Å²) in [6.45, 7) is 9.88. The van der Waals surface area contributed by atoms with Gasteiger partial charge in [0.2, 0.25) is 5.91 Å². The fourth-order valence-electron chi connectivity index (χ4n) is 8.60. The molecule has 3 fully saturated rings. The quantitative estimate of drug-likeness (QED) is 0.229. The number of aliphatic hydroxyl groups excluding tert-OH is 1. The van der Waals surface area contributed by atoms with Gasteiger partial charge in [-0.2, -0.15) is 0 Å². The molecular formula is C32H58ClN7O2. The summed E-state index contributed by atoms with van der Waals surface area (Å²) in [5.41, 5.74) is 6.81. The highest BCUT2D eigenvalue weighted by atomic mass is 35.5. The van der Waals surface area contributed by atoms with Crippen molar-refractivity contribution in [3.8, 4) is 0 Å². The standard InChI is InChI=1S/C32H58ClN7O2/c1-6-9-10-11-21-17-35-19-24(29(21)40-14-12-25(39(4)5)26(41)20-40)37-31(42)28-23-16-32(8-3,13-7-2)27(38-30(28)34)15-22(33)18-36-23/h21,23-30,35,38,41H,6-17,19-20,34H2,1-5H3,(H,37,42)/t21?,23?,24?,25-,26-,27?,28?,29?,30?,32?/m0/s1. The smallest absolute Gasteiger partial charge is 0.228 e. The Morgan fingerprint density at radius 3 is 2.71 bits per heavy atom. The lowest BCUT2D eigenvalue weighted by atomic mass is 9.68. The van der Waals surface area contributed by atoms with Gasteiger partial charge in [-0.3, -0.25) is 15.0 Å². The summed E-state index contributed by atoms with van der Waals surface area (Å²) in [5, 5.41) is 22.5. The van der Waals surface area contributed by atoms with Gasteiger partial charge in [0, 0.05) is 44.2 Å². The van der Waals surface area contributed by atoms with Gasteiger partial charge in [0.05, 0.1) is 35.3 Å². The van der Waals surface area contributed by atoms with E-state index in [0.29, 0.717) is 30.5 Å². The lowest BCUT2D eigenvalue weighted by Crippen LogP contribution is -2.68. The van der Waals surface area contributed by atoms with Crippen LogP contribution >= 0.6 is 11.6 Å². The number of likely N-dealkylation sites (N-methyl/N-ethyl adjacent to an activating group) is 1. The van der Waals surface area contributed by atoms with Crippen LogP contribution < -0.4 is 21.7 Å². The van der Waals surface area contributed by atoms with Crippen LogP contribution in [0.15, 0.2) is 10.0 Å². The predicted octanol–water partition coefficient (Wildman–Crippen LogP) is 2.66. The van der Waals surface area contributed by atoms with Crippen molar-refractivity contribution >= 4 is 23.4 Å². The van der Waals surface area contributed by atoms with Crippen LogP contribution in [0, 0.1) is 17.3 Å². The number of nitrogens with two attached hydrogens (primary N) is 1. The maximum Gasteiger partial charge on any atom is 0.228 e. The molecule has 4 aliphatic rings. The number of halogens is 1. The lowest BCUT2D eigenvalue weighted by Gasteiger charge is -2.49. The Hall–Kier alpha value is -1.03. The van der Waals surface area contributed by atoms with Crippen molar-refractivity contribution in [2.75, 3.05) is 40.3 Å². The molecule has 0 aromatic carbocycles. The number of nitrogens with one attached hydrogen (secondary N) is 3. The Morgan fingerprint density at radius 2 is 2.05 bits per heavy atom. The fourth-order valence-corrected chi connectivity index (χ4v) is 8.81. The molecule has 10 heteroatoms. The zero-order valence-electron chi connectivity index (χ0n) is 26.7. The normalized spacial score (nSPS) is 39.5. The maximum atomic E-state index is 14.3. The molecule has 42 heavy (non-hydrogen) atoms. The number of carbonyl (C=O) groups is 1. The molecule has 4 aliphatic heterocycles. The minimum Gasteiger partial charge on any atom is -0.390 e. The van der Waals surface area contributed by atoms with Crippen molar-refractivity contribution in [2.45, 2.75) is 127 Å². The first-order valence-corrected chi connectivity index (χ1v) is 17.1. The number of hydrogen-bond donors (Lipinski definition) is 5. The van der Waals surface area contributed by atoms with Crippen LogP contribution in [0.4, 0.5) is 0 Å². The van der Waals surface area contributed by atoms with Crippen LogP contribution in [0.3, 0.4) is 0 Å². The molecule has 0 aromatic rings. The highest BCUT2D eigenvalue weighted by Gasteiger charge is 2.50. The first-order valence-electron chi connectivity index (χ1n) is 16.7. The molecule has 8 unspecified atom stereocenters. The van der Waals surface area contributed by atoms with E-state index in [1.807, 2.05) is 14.1 Å². The second-order valence-corrected chi connectivity index (χ2v) is 14.2. The van der Waals surface area contributed by atoms with Gasteiger partial charge in [0.1, 0.15) is 0 Å². The number of nitrogens with zero attached hydrogens (tertiary/aromatic N) is 3. The average Bonchev–Trinajstić information content (AvgIpc) is 3.01. The molecule has 6 N–H and O–H groups in total. The Labute approximate surface area is 259 Å². The number of fused-ring (bicyclic) bond motifs is 3. The van der Waals surface area contributed by atoms with Crippen LogP contribution in [0.5, 0.6) is 0 Å². The molecule has 2 bridgehead atoms. The van der Waals surface area contributed by atoms with Crippen molar-refractivity contribution in [1.82, 2.24) is 25.8 Å². The van der Waals surface area contributed by atoms with Crippen molar-refractivity contribution < 1.29 is 9.90 Å². The number of aliphatic imine (C=N–C) groups is 1. The monoisotopic (exact) mass is 607 g/mol. The Balaban J connectivity index is 1.59. The largest absolute Gasteiger partial charge is 0.390 e. The van der Waals surface area contributed by atoms with Gasteiger partial charge < -0.3 is 26.4 Å². The first-order chi connectivity index (χ1) is 20.1. The number of amides is 1. The third-order valence-electron chi connectivity index (χ3n) is 10.9. The van der Waals surface area contributed by atoms with Gasteiger partial charge in [-0.05, 0) is 69.9 Å². The number of hydrogen-bond acceptors (Lipinski definition) is 8. The number of unbranched alkanes of at least 4 members (excludes halogenated alkanes) is 2. The summed E-state index contributed by atoms with van der Waals surface area (Å²) in [6.07, 6.45) is 9.17. The number of aliphatic hydroxyl groups is 1. The number of piperidine rings is 2. The molecule has 0 saturated carbocycles. The molecule has 9 nitrogen and oxygen atoms in total. The second kappa shape index (κ2) is 15.3. The van der Waals surface area contributed by atoms with Gasteiger partial charge in [-0.15, -0.1) is 0 Å². The molecule has 0 aromatic heterocycles. The van der Waals surface area contributed by atoms with E-state index in [1.54, 1.807) is 0 Å². The van der Waals surface area contributed by atoms with Gasteiger partial charge in [-0.1, -0.05) is 58.1 Å². The minimum atomic E-state index is -0.522. The Kier molecular flexibility index (Phi) is 12.3. The van der Waals surface area contributed by atoms with Crippen LogP contribution in [0.2, 0.25) is 0 Å². The topological polar surface area (TPSA) is 118 Å². The first kappa shape index (κ1) is 33.9. The van der Waals surface area contributed by atoms with E-state index in [2.05, 4.69) is 52.4 Å². The number of rotatable bonds is 11. The zero-order valence-corrected chi connectivity index (χ0v) is 27.5. The third kappa shape index (κ3) is 7.60. The Bertz CT molecular complexity index is 959. The van der Waals surface area contributed by atoms with Crippen molar-refractivity contribution in [3.63, 3.8) is 0 Å². The van der Waals surface area contributed by atoms with Crippen LogP contribution in [-0.4, -0.2) is 109 Å². The summed E-state index contributed by atoms with van der Waals surface area (Å²) >= 11 is 6.58. The number of β-amino-alcohol motifs (C(OH)–C–C–N with tert-alkyl or cyclic N) is 1. The van der Waals surface area contributed by atoms with Crippen LogP contribution in [0.1, 0.15) is 85.0 Å². The van der Waals surface area contributed by atoms with Crippen LogP contribution in [-0.2, 0) is 4.79 Å². The summed E-state index contributed by atoms with van der Waals surface area (Å²) in [5.74, 6) is 2.91. The number of likely N-dealkylation sites (tertiary alicyclic amines) is 1. The molecular weight excluding hydrogens is 550 g/mol. The van der Waals surface area contributed by atoms with Crippen molar-refractivity contribution in [2.24, 2.45) is 28.0 Å². The van der Waals surface area contributed by atoms with Crippen LogP contribution in [0.25, 0.3) is 0 Å². The van der Waals surface area contributed by atoms with E-state index < -0.39 is 18.2 Å². The van der Waals surface area contributed by atoms with Crippen molar-refractivity contribution in [3.05, 3.63) is 5.03 Å². The van der Waals surface area contributed by atoms with Gasteiger partial charge >= 0.3 is 0 Å². The summed E-state index contributed by atoms with van der Waals surface area (Å²) in [6, 6.07) is 0.0420. The molecule has 4 rings (SSSR count). The van der Waals surface area contributed by atoms with Crippen molar-refractivity contribution in [1.29, 1.82) is 0 Å². The van der Waals surface area contributed by atoms with E-state index in [0.717, 1.165) is 51.6 Å². The molecule has 4 heterocycles. The highest BCUT2D eigenvalue weighted by Crippen LogP contribution is 2.45. The van der Waals surface area contributed by atoms with E-state index >= 15 is 0 Å². The molecule has 3 saturated heterocycles. The van der Waals surface area contributed by atoms with E-state index in [9.17, 15) is 9.90 Å².